The van der Waals surface area contributed by atoms with E-state index in [1.165, 1.54) is 0 Å². The Balaban J connectivity index is 1.49. The van der Waals surface area contributed by atoms with Gasteiger partial charge in [0.2, 0.25) is 15.9 Å². The minimum Gasteiger partial charge on any atom is -0.441 e. The minimum atomic E-state index is -3.46. The van der Waals surface area contributed by atoms with E-state index in [-0.39, 0.29) is 12.5 Å². The lowest BCUT2D eigenvalue weighted by atomic mass is 9.95. The number of carbonyl (C=O) groups excluding carboxylic acids is 1. The molecule has 33 heavy (non-hydrogen) atoms. The number of aromatic nitrogens is 3. The number of oxazole rings is 1. The molecule has 0 fully saturated rings. The van der Waals surface area contributed by atoms with Crippen molar-refractivity contribution in [3.8, 4) is 11.5 Å². The van der Waals surface area contributed by atoms with E-state index in [4.69, 9.17) is 4.42 Å². The molecule has 1 aliphatic carbocycles. The van der Waals surface area contributed by atoms with Crippen molar-refractivity contribution in [3.63, 3.8) is 0 Å². The molecule has 0 atom stereocenters. The van der Waals surface area contributed by atoms with E-state index in [0.29, 0.717) is 34.3 Å². The van der Waals surface area contributed by atoms with Crippen LogP contribution in [0.25, 0.3) is 11.5 Å². The van der Waals surface area contributed by atoms with Gasteiger partial charge in [-0.1, -0.05) is 6.07 Å². The average molecular weight is 472 g/mol. The molecular weight excluding hydrogens is 442 g/mol. The third-order valence-electron chi connectivity index (χ3n) is 5.83. The number of nitrogens with zero attached hydrogens (tertiary/aromatic N) is 3. The Morgan fingerprint density at radius 1 is 1.24 bits per heavy atom. The lowest BCUT2D eigenvalue weighted by Gasteiger charge is -2.11. The number of anilines is 1. The van der Waals surface area contributed by atoms with Crippen LogP contribution in [0.1, 0.15) is 59.9 Å². The van der Waals surface area contributed by atoms with Gasteiger partial charge in [0.25, 0.3) is 5.91 Å². The van der Waals surface area contributed by atoms with Crippen molar-refractivity contribution in [1.82, 2.24) is 20.1 Å². The Hall–Kier alpha value is -3.14. The van der Waals surface area contributed by atoms with Crippen LogP contribution in [-0.4, -0.2) is 34.3 Å². The molecule has 3 aromatic rings. The summed E-state index contributed by atoms with van der Waals surface area (Å²) in [4.78, 5) is 17.4. The first-order valence-corrected chi connectivity index (χ1v) is 12.6. The zero-order valence-corrected chi connectivity index (χ0v) is 20.1. The van der Waals surface area contributed by atoms with Crippen LogP contribution in [0.2, 0.25) is 0 Å². The van der Waals surface area contributed by atoms with Crippen molar-refractivity contribution in [2.45, 2.75) is 58.2 Å². The summed E-state index contributed by atoms with van der Waals surface area (Å²) in [5.41, 5.74) is 4.35. The highest BCUT2D eigenvalue weighted by Crippen LogP contribution is 2.26. The molecule has 2 heterocycles. The van der Waals surface area contributed by atoms with Crippen LogP contribution in [0.15, 0.2) is 28.7 Å². The molecule has 1 aromatic carbocycles. The summed E-state index contributed by atoms with van der Waals surface area (Å²) >= 11 is 0. The minimum absolute atomic E-state index is 0.179. The SMILES string of the molecule is Cc1oc(-c2cccc(NS(=O)(=O)C(C)C)c2)nc1CNC(=O)c1c2c(nn1C)CCCC2. The maximum Gasteiger partial charge on any atom is 0.270 e. The highest BCUT2D eigenvalue weighted by Gasteiger charge is 2.24. The van der Waals surface area contributed by atoms with E-state index in [1.54, 1.807) is 56.8 Å². The first kappa shape index (κ1) is 23.0. The van der Waals surface area contributed by atoms with Crippen LogP contribution >= 0.6 is 0 Å². The number of hydrogen-bond donors (Lipinski definition) is 2. The van der Waals surface area contributed by atoms with E-state index >= 15 is 0 Å². The molecule has 176 valence electrons. The maximum absolute atomic E-state index is 12.9. The number of nitrogens with one attached hydrogen (secondary N) is 2. The van der Waals surface area contributed by atoms with Gasteiger partial charge in [0, 0.05) is 23.9 Å². The normalized spacial score (nSPS) is 13.7. The van der Waals surface area contributed by atoms with Gasteiger partial charge in [-0.05, 0) is 64.7 Å². The summed E-state index contributed by atoms with van der Waals surface area (Å²) in [5, 5.41) is 6.89. The van der Waals surface area contributed by atoms with Gasteiger partial charge in [-0.2, -0.15) is 5.10 Å². The number of sulfonamides is 1. The predicted octanol–water partition coefficient (Wildman–Crippen LogP) is 3.34. The Morgan fingerprint density at radius 2 is 2.00 bits per heavy atom. The van der Waals surface area contributed by atoms with Gasteiger partial charge in [0.1, 0.15) is 17.1 Å². The Bertz CT molecular complexity index is 1290. The third-order valence-corrected chi connectivity index (χ3v) is 7.59. The molecule has 10 heteroatoms. The Labute approximate surface area is 193 Å². The molecule has 0 bridgehead atoms. The van der Waals surface area contributed by atoms with Crippen molar-refractivity contribution in [3.05, 3.63) is 52.7 Å². The van der Waals surface area contributed by atoms with E-state index in [2.05, 4.69) is 20.1 Å². The quantitative estimate of drug-likeness (QED) is 0.545. The molecule has 0 radical (unpaired) electrons. The van der Waals surface area contributed by atoms with Gasteiger partial charge in [-0.25, -0.2) is 13.4 Å². The molecule has 0 aliphatic heterocycles. The lowest BCUT2D eigenvalue weighted by molar-refractivity contribution is 0.0940. The first-order valence-electron chi connectivity index (χ1n) is 11.1. The largest absolute Gasteiger partial charge is 0.441 e. The lowest BCUT2D eigenvalue weighted by Crippen LogP contribution is -2.27. The Kier molecular flexibility index (Phi) is 6.29. The number of benzene rings is 1. The number of rotatable bonds is 7. The van der Waals surface area contributed by atoms with Gasteiger partial charge in [0.05, 0.1) is 17.5 Å². The summed E-state index contributed by atoms with van der Waals surface area (Å²) in [6.07, 6.45) is 3.95. The highest BCUT2D eigenvalue weighted by molar-refractivity contribution is 7.93. The van der Waals surface area contributed by atoms with Crippen LogP contribution < -0.4 is 10.0 Å². The molecule has 4 rings (SSSR count). The molecule has 0 unspecified atom stereocenters. The van der Waals surface area contributed by atoms with Crippen LogP contribution in [0.5, 0.6) is 0 Å². The molecule has 0 saturated heterocycles. The summed E-state index contributed by atoms with van der Waals surface area (Å²) in [5.74, 6) is 0.771. The topological polar surface area (TPSA) is 119 Å². The number of hydrogen-bond acceptors (Lipinski definition) is 6. The summed E-state index contributed by atoms with van der Waals surface area (Å²) in [7, 11) is -1.66. The van der Waals surface area contributed by atoms with Gasteiger partial charge in [0.15, 0.2) is 0 Å². The number of amides is 1. The molecule has 2 aromatic heterocycles. The predicted molar refractivity (Wildman–Crippen MR) is 125 cm³/mol. The molecule has 0 spiro atoms. The molecule has 1 amide bonds. The van der Waals surface area contributed by atoms with Crippen LogP contribution in [-0.2, 0) is 36.5 Å². The van der Waals surface area contributed by atoms with Crippen molar-refractivity contribution in [1.29, 1.82) is 0 Å². The van der Waals surface area contributed by atoms with Crippen LogP contribution in [0.4, 0.5) is 5.69 Å². The van der Waals surface area contributed by atoms with Crippen molar-refractivity contribution >= 4 is 21.6 Å². The third kappa shape index (κ3) is 4.80. The second-order valence-electron chi connectivity index (χ2n) is 8.59. The van der Waals surface area contributed by atoms with Gasteiger partial charge in [-0.15, -0.1) is 0 Å². The fraction of sp³-hybridized carbons (Fsp3) is 0.435. The molecular formula is C23H29N5O4S. The Morgan fingerprint density at radius 3 is 2.76 bits per heavy atom. The zero-order valence-electron chi connectivity index (χ0n) is 19.3. The van der Waals surface area contributed by atoms with E-state index in [1.807, 2.05) is 0 Å². The second-order valence-corrected chi connectivity index (χ2v) is 10.8. The number of carbonyl (C=O) groups is 1. The van der Waals surface area contributed by atoms with Crippen molar-refractivity contribution < 1.29 is 17.6 Å². The standard InChI is InChI=1S/C23H29N5O4S/c1-14(2)33(30,31)27-17-9-7-8-16(12-17)23-25-20(15(3)32-23)13-24-22(29)21-18-10-5-6-11-19(18)26-28(21)4/h7-9,12,14,27H,5-6,10-11,13H2,1-4H3,(H,24,29). The summed E-state index contributed by atoms with van der Waals surface area (Å²) in [6.45, 7) is 5.24. The first-order chi connectivity index (χ1) is 15.7. The average Bonchev–Trinajstić information content (AvgIpc) is 3.30. The molecule has 2 N–H and O–H groups in total. The molecule has 9 nitrogen and oxygen atoms in total. The summed E-state index contributed by atoms with van der Waals surface area (Å²) < 4.78 is 34.4. The van der Waals surface area contributed by atoms with E-state index in [9.17, 15) is 13.2 Å². The summed E-state index contributed by atoms with van der Waals surface area (Å²) in [6, 6.07) is 6.88. The fourth-order valence-electron chi connectivity index (χ4n) is 3.93. The van der Waals surface area contributed by atoms with Crippen LogP contribution in [0, 0.1) is 6.92 Å². The molecule has 1 aliphatic rings. The smallest absolute Gasteiger partial charge is 0.270 e. The van der Waals surface area contributed by atoms with Crippen molar-refractivity contribution in [2.24, 2.45) is 7.05 Å². The second kappa shape index (κ2) is 9.01. The van der Waals surface area contributed by atoms with E-state index < -0.39 is 15.3 Å². The van der Waals surface area contributed by atoms with Crippen LogP contribution in [0.3, 0.4) is 0 Å². The number of fused-ring (bicyclic) bond motifs is 1. The van der Waals surface area contributed by atoms with Gasteiger partial charge < -0.3 is 9.73 Å². The fourth-order valence-corrected chi connectivity index (χ4v) is 4.62. The van der Waals surface area contributed by atoms with E-state index in [0.717, 1.165) is 36.9 Å². The van der Waals surface area contributed by atoms with Gasteiger partial charge in [-0.3, -0.25) is 14.2 Å². The zero-order chi connectivity index (χ0) is 23.8. The number of aryl methyl sites for hydroxylation is 3. The van der Waals surface area contributed by atoms with Crippen molar-refractivity contribution in [2.75, 3.05) is 4.72 Å². The maximum atomic E-state index is 12.9. The van der Waals surface area contributed by atoms with Gasteiger partial charge >= 0.3 is 0 Å². The highest BCUT2D eigenvalue weighted by atomic mass is 32.2. The monoisotopic (exact) mass is 471 g/mol. The molecule has 0 saturated carbocycles.